The molecule has 1 heterocycles. The van der Waals surface area contributed by atoms with E-state index in [9.17, 15) is 9.18 Å². The van der Waals surface area contributed by atoms with Crippen LogP contribution in [-0.2, 0) is 0 Å². The Kier molecular flexibility index (Phi) is 5.30. The Morgan fingerprint density at radius 2 is 1.39 bits per heavy atom. The predicted octanol–water partition coefficient (Wildman–Crippen LogP) is 6.39. The van der Waals surface area contributed by atoms with Gasteiger partial charge in [-0.15, -0.1) is 0 Å². The molecule has 0 fully saturated rings. The van der Waals surface area contributed by atoms with Crippen LogP contribution in [0.3, 0.4) is 0 Å². The zero-order valence-corrected chi connectivity index (χ0v) is 16.9. The predicted molar refractivity (Wildman–Crippen MR) is 118 cm³/mol. The molecule has 2 nitrogen and oxygen atoms in total. The minimum absolute atomic E-state index is 0.107. The molecule has 0 unspecified atom stereocenters. The molecule has 4 rings (SSSR count). The molecule has 0 aliphatic heterocycles. The molecule has 0 aliphatic rings. The molecule has 1 aromatic heterocycles. The molecule has 0 atom stereocenters. The van der Waals surface area contributed by atoms with Crippen molar-refractivity contribution in [2.75, 3.05) is 0 Å². The zero-order valence-electron chi connectivity index (χ0n) is 14.8. The SMILES string of the molecule is O=C(c1ccccc1)c1c(-c2ccccc2)ncc(I)c1-c1ccc(F)cc1. The average molecular weight is 479 g/mol. The molecule has 0 saturated carbocycles. The van der Waals surface area contributed by atoms with E-state index in [1.807, 2.05) is 48.5 Å². The van der Waals surface area contributed by atoms with Crippen LogP contribution in [0.15, 0.2) is 91.1 Å². The first kappa shape index (κ1) is 18.5. The molecule has 0 aliphatic carbocycles. The highest BCUT2D eigenvalue weighted by molar-refractivity contribution is 14.1. The second-order valence-corrected chi connectivity index (χ2v) is 7.44. The average Bonchev–Trinajstić information content (AvgIpc) is 2.75. The fraction of sp³-hybridized carbons (Fsp3) is 0. The Hall–Kier alpha value is -2.86. The van der Waals surface area contributed by atoms with Gasteiger partial charge in [-0.05, 0) is 40.3 Å². The van der Waals surface area contributed by atoms with E-state index < -0.39 is 0 Å². The lowest BCUT2D eigenvalue weighted by molar-refractivity contribution is 0.103. The van der Waals surface area contributed by atoms with Crippen LogP contribution in [0.4, 0.5) is 4.39 Å². The highest BCUT2D eigenvalue weighted by Crippen LogP contribution is 2.36. The fourth-order valence-electron chi connectivity index (χ4n) is 3.16. The fourth-order valence-corrected chi connectivity index (χ4v) is 3.88. The van der Waals surface area contributed by atoms with Crippen molar-refractivity contribution in [2.45, 2.75) is 0 Å². The van der Waals surface area contributed by atoms with E-state index in [-0.39, 0.29) is 11.6 Å². The summed E-state index contributed by atoms with van der Waals surface area (Å²) in [4.78, 5) is 18.1. The van der Waals surface area contributed by atoms with E-state index in [2.05, 4.69) is 27.6 Å². The lowest BCUT2D eigenvalue weighted by Crippen LogP contribution is -2.09. The van der Waals surface area contributed by atoms with E-state index in [4.69, 9.17) is 0 Å². The van der Waals surface area contributed by atoms with Gasteiger partial charge in [-0.2, -0.15) is 0 Å². The van der Waals surface area contributed by atoms with Crippen molar-refractivity contribution in [3.63, 3.8) is 0 Å². The zero-order chi connectivity index (χ0) is 19.5. The number of carbonyl (C=O) groups is 1. The quantitative estimate of drug-likeness (QED) is 0.251. The van der Waals surface area contributed by atoms with Crippen molar-refractivity contribution >= 4 is 28.4 Å². The van der Waals surface area contributed by atoms with E-state index in [1.165, 1.54) is 12.1 Å². The van der Waals surface area contributed by atoms with Crippen molar-refractivity contribution in [3.05, 3.63) is 112 Å². The van der Waals surface area contributed by atoms with E-state index in [0.29, 0.717) is 16.8 Å². The van der Waals surface area contributed by atoms with Gasteiger partial charge in [0, 0.05) is 26.5 Å². The summed E-state index contributed by atoms with van der Waals surface area (Å²) >= 11 is 2.18. The molecular formula is C24H15FINO. The molecule has 0 amide bonds. The van der Waals surface area contributed by atoms with Crippen LogP contribution in [-0.4, -0.2) is 10.8 Å². The van der Waals surface area contributed by atoms with Crippen molar-refractivity contribution < 1.29 is 9.18 Å². The second-order valence-electron chi connectivity index (χ2n) is 6.27. The van der Waals surface area contributed by atoms with Gasteiger partial charge in [-0.25, -0.2) is 4.39 Å². The highest BCUT2D eigenvalue weighted by atomic mass is 127. The molecular weight excluding hydrogens is 464 g/mol. The van der Waals surface area contributed by atoms with Gasteiger partial charge in [0.25, 0.3) is 0 Å². The van der Waals surface area contributed by atoms with Crippen molar-refractivity contribution in [2.24, 2.45) is 0 Å². The highest BCUT2D eigenvalue weighted by Gasteiger charge is 2.23. The number of hydrogen-bond acceptors (Lipinski definition) is 2. The molecule has 0 saturated heterocycles. The number of carbonyl (C=O) groups excluding carboxylic acids is 1. The van der Waals surface area contributed by atoms with Crippen LogP contribution < -0.4 is 0 Å². The number of ketones is 1. The number of benzene rings is 3. The summed E-state index contributed by atoms with van der Waals surface area (Å²) in [7, 11) is 0. The van der Waals surface area contributed by atoms with E-state index in [1.54, 1.807) is 30.5 Å². The molecule has 0 spiro atoms. The van der Waals surface area contributed by atoms with Crippen LogP contribution >= 0.6 is 22.6 Å². The van der Waals surface area contributed by atoms with Gasteiger partial charge in [0.15, 0.2) is 5.78 Å². The van der Waals surface area contributed by atoms with Gasteiger partial charge in [-0.1, -0.05) is 72.8 Å². The molecule has 4 aromatic rings. The van der Waals surface area contributed by atoms with E-state index >= 15 is 0 Å². The van der Waals surface area contributed by atoms with Gasteiger partial charge >= 0.3 is 0 Å². The van der Waals surface area contributed by atoms with Crippen LogP contribution in [0.1, 0.15) is 15.9 Å². The Bertz CT molecular complexity index is 1130. The van der Waals surface area contributed by atoms with Gasteiger partial charge in [0.1, 0.15) is 5.82 Å². The monoisotopic (exact) mass is 479 g/mol. The van der Waals surface area contributed by atoms with Crippen LogP contribution in [0.25, 0.3) is 22.4 Å². The summed E-state index contributed by atoms with van der Waals surface area (Å²) < 4.78 is 14.3. The minimum atomic E-state index is -0.313. The third-order valence-corrected chi connectivity index (χ3v) is 5.29. The molecule has 0 radical (unpaired) electrons. The standard InChI is InChI=1S/C24H15FINO/c25-19-13-11-16(12-14-19)21-20(26)15-27-23(17-7-3-1-4-8-17)22(21)24(28)18-9-5-2-6-10-18/h1-15H. The van der Waals surface area contributed by atoms with Crippen molar-refractivity contribution in [1.82, 2.24) is 4.98 Å². The smallest absolute Gasteiger partial charge is 0.195 e. The van der Waals surface area contributed by atoms with Crippen molar-refractivity contribution in [1.29, 1.82) is 0 Å². The summed E-state index contributed by atoms with van der Waals surface area (Å²) in [5, 5.41) is 0. The maximum absolute atomic E-state index is 13.5. The third kappa shape index (κ3) is 3.60. The summed E-state index contributed by atoms with van der Waals surface area (Å²) in [6, 6.07) is 25.0. The number of halogens is 2. The summed E-state index contributed by atoms with van der Waals surface area (Å²) in [5.41, 5.74) is 4.14. The Labute approximate surface area is 176 Å². The molecule has 28 heavy (non-hydrogen) atoms. The molecule has 0 N–H and O–H groups in total. The molecule has 0 bridgehead atoms. The maximum Gasteiger partial charge on any atom is 0.195 e. The normalized spacial score (nSPS) is 10.6. The second kappa shape index (κ2) is 8.02. The molecule has 3 aromatic carbocycles. The number of hydrogen-bond donors (Lipinski definition) is 0. The van der Waals surface area contributed by atoms with Crippen LogP contribution in [0.5, 0.6) is 0 Å². The number of rotatable bonds is 4. The number of nitrogens with zero attached hydrogens (tertiary/aromatic N) is 1. The van der Waals surface area contributed by atoms with E-state index in [0.717, 1.165) is 20.3 Å². The first-order chi connectivity index (χ1) is 13.6. The Balaban J connectivity index is 2.02. The molecule has 4 heteroatoms. The lowest BCUT2D eigenvalue weighted by Gasteiger charge is -2.16. The number of pyridine rings is 1. The van der Waals surface area contributed by atoms with Gasteiger partial charge in [0.2, 0.25) is 0 Å². The Morgan fingerprint density at radius 3 is 2.04 bits per heavy atom. The van der Waals surface area contributed by atoms with Gasteiger partial charge < -0.3 is 0 Å². The third-order valence-electron chi connectivity index (χ3n) is 4.48. The van der Waals surface area contributed by atoms with Crippen LogP contribution in [0.2, 0.25) is 0 Å². The lowest BCUT2D eigenvalue weighted by atomic mass is 9.91. The first-order valence-corrected chi connectivity index (χ1v) is 9.82. The Morgan fingerprint density at radius 1 is 0.786 bits per heavy atom. The van der Waals surface area contributed by atoms with Crippen molar-refractivity contribution in [3.8, 4) is 22.4 Å². The molecule has 136 valence electrons. The van der Waals surface area contributed by atoms with Gasteiger partial charge in [0.05, 0.1) is 11.3 Å². The summed E-state index contributed by atoms with van der Waals surface area (Å²) in [6.07, 6.45) is 1.75. The maximum atomic E-state index is 13.5. The largest absolute Gasteiger partial charge is 0.289 e. The first-order valence-electron chi connectivity index (χ1n) is 8.75. The van der Waals surface area contributed by atoms with Gasteiger partial charge in [-0.3, -0.25) is 9.78 Å². The topological polar surface area (TPSA) is 30.0 Å². The summed E-state index contributed by atoms with van der Waals surface area (Å²) in [5.74, 6) is -0.420. The summed E-state index contributed by atoms with van der Waals surface area (Å²) in [6.45, 7) is 0. The minimum Gasteiger partial charge on any atom is -0.289 e. The number of aromatic nitrogens is 1. The van der Waals surface area contributed by atoms with Crippen LogP contribution in [0, 0.1) is 9.39 Å².